The number of ether oxygens (including phenoxy) is 2. The molecule has 20 heavy (non-hydrogen) atoms. The lowest BCUT2D eigenvalue weighted by molar-refractivity contribution is 0.197. The van der Waals surface area contributed by atoms with Crippen LogP contribution < -0.4 is 14.8 Å². The van der Waals surface area contributed by atoms with Gasteiger partial charge in [-0.05, 0) is 56.3 Å². The normalized spacial score (nSPS) is 24.4. The minimum absolute atomic E-state index is 0.278. The summed E-state index contributed by atoms with van der Waals surface area (Å²) in [6, 6.07) is 4.07. The van der Waals surface area contributed by atoms with Gasteiger partial charge in [-0.2, -0.15) is 0 Å². The molecule has 0 aromatic heterocycles. The molecule has 1 aliphatic carbocycles. The van der Waals surface area contributed by atoms with Gasteiger partial charge in [-0.25, -0.2) is 0 Å². The maximum absolute atomic E-state index is 6.48. The van der Waals surface area contributed by atoms with E-state index in [0.29, 0.717) is 5.92 Å². The third-order valence-electron chi connectivity index (χ3n) is 4.87. The van der Waals surface area contributed by atoms with Gasteiger partial charge in [-0.15, -0.1) is 0 Å². The predicted molar refractivity (Wildman–Crippen MR) is 79.0 cm³/mol. The molecule has 2 aliphatic heterocycles. The summed E-state index contributed by atoms with van der Waals surface area (Å²) in [5, 5.41) is 4.22. The lowest BCUT2D eigenvalue weighted by Gasteiger charge is -2.24. The first-order valence-electron chi connectivity index (χ1n) is 7.56. The Labute approximate surface area is 124 Å². The van der Waals surface area contributed by atoms with Crippen LogP contribution in [0.15, 0.2) is 12.1 Å². The summed E-state index contributed by atoms with van der Waals surface area (Å²) in [4.78, 5) is 0. The fraction of sp³-hybridized carbons (Fsp3) is 0.625. The van der Waals surface area contributed by atoms with Gasteiger partial charge in [-0.3, -0.25) is 0 Å². The minimum Gasteiger partial charge on any atom is -0.489 e. The zero-order valence-corrected chi connectivity index (χ0v) is 12.3. The highest BCUT2D eigenvalue weighted by Crippen LogP contribution is 2.50. The number of rotatable bonds is 1. The van der Waals surface area contributed by atoms with Gasteiger partial charge in [0.25, 0.3) is 0 Å². The summed E-state index contributed by atoms with van der Waals surface area (Å²) >= 11 is 6.48. The van der Waals surface area contributed by atoms with Crippen LogP contribution in [0.4, 0.5) is 0 Å². The molecular formula is C16H20ClNO2. The van der Waals surface area contributed by atoms with Crippen molar-refractivity contribution in [3.05, 3.63) is 22.7 Å². The Kier molecular flexibility index (Phi) is 3.08. The van der Waals surface area contributed by atoms with Gasteiger partial charge in [0.1, 0.15) is 0 Å². The summed E-state index contributed by atoms with van der Waals surface area (Å²) in [7, 11) is 0. The summed E-state index contributed by atoms with van der Waals surface area (Å²) in [5.41, 5.74) is 1.50. The van der Waals surface area contributed by atoms with Crippen LogP contribution in [0.1, 0.15) is 37.2 Å². The molecule has 3 aliphatic rings. The van der Waals surface area contributed by atoms with Gasteiger partial charge >= 0.3 is 0 Å². The van der Waals surface area contributed by atoms with Crippen molar-refractivity contribution in [2.24, 2.45) is 5.41 Å². The highest BCUT2D eigenvalue weighted by Gasteiger charge is 2.46. The van der Waals surface area contributed by atoms with Gasteiger partial charge in [0.2, 0.25) is 0 Å². The zero-order valence-electron chi connectivity index (χ0n) is 11.6. The molecule has 4 rings (SSSR count). The molecule has 1 spiro atoms. The first-order chi connectivity index (χ1) is 9.76. The number of fused-ring (bicyclic) bond motifs is 1. The Hall–Kier alpha value is -0.930. The lowest BCUT2D eigenvalue weighted by atomic mass is 9.90. The summed E-state index contributed by atoms with van der Waals surface area (Å²) in [6.07, 6.45) is 4.72. The molecule has 0 bridgehead atoms. The third kappa shape index (κ3) is 2.27. The Morgan fingerprint density at radius 1 is 1.05 bits per heavy atom. The number of halogens is 1. The molecule has 0 radical (unpaired) electrons. The average Bonchev–Trinajstić information content (AvgIpc) is 3.27. The van der Waals surface area contributed by atoms with Crippen LogP contribution in [0.25, 0.3) is 0 Å². The molecule has 0 atom stereocenters. The Morgan fingerprint density at radius 2 is 1.70 bits per heavy atom. The van der Waals surface area contributed by atoms with E-state index in [9.17, 15) is 0 Å². The largest absolute Gasteiger partial charge is 0.489 e. The molecule has 2 fully saturated rings. The van der Waals surface area contributed by atoms with Gasteiger partial charge in [0, 0.05) is 16.5 Å². The van der Waals surface area contributed by atoms with Gasteiger partial charge in [0.05, 0.1) is 13.2 Å². The van der Waals surface area contributed by atoms with E-state index in [4.69, 9.17) is 21.1 Å². The molecule has 0 amide bonds. The number of hydrogen-bond donors (Lipinski definition) is 1. The molecular weight excluding hydrogens is 274 g/mol. The van der Waals surface area contributed by atoms with Crippen molar-refractivity contribution in [2.75, 3.05) is 26.3 Å². The highest BCUT2D eigenvalue weighted by atomic mass is 35.5. The lowest BCUT2D eigenvalue weighted by Crippen LogP contribution is -2.26. The standard InChI is InChI=1S/C16H20ClNO2/c17-13-8-15-14(19-9-16(3-4-16)10-20-15)7-12(13)11-1-5-18-6-2-11/h7-8,11,18H,1-6,9-10H2. The first-order valence-corrected chi connectivity index (χ1v) is 7.93. The molecule has 1 saturated heterocycles. The molecule has 0 unspecified atom stereocenters. The molecule has 108 valence electrons. The van der Waals surface area contributed by atoms with Crippen LogP contribution in [0.2, 0.25) is 5.02 Å². The van der Waals surface area contributed by atoms with E-state index in [-0.39, 0.29) is 5.41 Å². The SMILES string of the molecule is Clc1cc2c(cc1C1CCNCC1)OCC1(CC1)CO2. The second kappa shape index (κ2) is 4.81. The monoisotopic (exact) mass is 293 g/mol. The van der Waals surface area contributed by atoms with Crippen molar-refractivity contribution >= 4 is 11.6 Å². The maximum Gasteiger partial charge on any atom is 0.162 e. The van der Waals surface area contributed by atoms with E-state index in [1.807, 2.05) is 6.07 Å². The quantitative estimate of drug-likeness (QED) is 0.861. The molecule has 4 heteroatoms. The van der Waals surface area contributed by atoms with Crippen LogP contribution in [0.5, 0.6) is 11.5 Å². The van der Waals surface area contributed by atoms with Crippen molar-refractivity contribution in [3.63, 3.8) is 0 Å². The van der Waals surface area contributed by atoms with E-state index in [1.165, 1.54) is 18.4 Å². The van der Waals surface area contributed by atoms with Crippen molar-refractivity contribution < 1.29 is 9.47 Å². The fourth-order valence-corrected chi connectivity index (χ4v) is 3.50. The second-order valence-electron chi connectivity index (χ2n) is 6.42. The number of piperidine rings is 1. The Bertz CT molecular complexity index is 521. The number of benzene rings is 1. The van der Waals surface area contributed by atoms with Gasteiger partial charge in [-0.1, -0.05) is 11.6 Å². The molecule has 3 nitrogen and oxygen atoms in total. The fourth-order valence-electron chi connectivity index (χ4n) is 3.19. The summed E-state index contributed by atoms with van der Waals surface area (Å²) in [6.45, 7) is 3.69. The van der Waals surface area contributed by atoms with Crippen LogP contribution in [0.3, 0.4) is 0 Å². The van der Waals surface area contributed by atoms with Crippen LogP contribution >= 0.6 is 11.6 Å². The molecule has 1 saturated carbocycles. The topological polar surface area (TPSA) is 30.5 Å². The van der Waals surface area contributed by atoms with Gasteiger partial charge < -0.3 is 14.8 Å². The first kappa shape index (κ1) is 12.8. The van der Waals surface area contributed by atoms with Crippen molar-refractivity contribution in [1.29, 1.82) is 0 Å². The van der Waals surface area contributed by atoms with E-state index in [2.05, 4.69) is 11.4 Å². The highest BCUT2D eigenvalue weighted by molar-refractivity contribution is 6.31. The smallest absolute Gasteiger partial charge is 0.162 e. The van der Waals surface area contributed by atoms with Crippen molar-refractivity contribution in [1.82, 2.24) is 5.32 Å². The molecule has 1 aromatic rings. The van der Waals surface area contributed by atoms with Crippen LogP contribution in [-0.2, 0) is 0 Å². The predicted octanol–water partition coefficient (Wildman–Crippen LogP) is 3.36. The van der Waals surface area contributed by atoms with E-state index < -0.39 is 0 Å². The molecule has 2 heterocycles. The summed E-state index contributed by atoms with van der Waals surface area (Å²) < 4.78 is 11.9. The average molecular weight is 294 g/mol. The van der Waals surface area contributed by atoms with E-state index in [0.717, 1.165) is 55.7 Å². The number of nitrogens with one attached hydrogen (secondary N) is 1. The Morgan fingerprint density at radius 3 is 2.35 bits per heavy atom. The van der Waals surface area contributed by atoms with Crippen molar-refractivity contribution in [3.8, 4) is 11.5 Å². The van der Waals surface area contributed by atoms with Crippen molar-refractivity contribution in [2.45, 2.75) is 31.6 Å². The second-order valence-corrected chi connectivity index (χ2v) is 6.83. The van der Waals surface area contributed by atoms with E-state index >= 15 is 0 Å². The number of hydrogen-bond acceptors (Lipinski definition) is 3. The molecule has 1 aromatic carbocycles. The maximum atomic E-state index is 6.48. The third-order valence-corrected chi connectivity index (χ3v) is 5.19. The van der Waals surface area contributed by atoms with Crippen LogP contribution in [-0.4, -0.2) is 26.3 Å². The Balaban J connectivity index is 1.63. The molecule has 1 N–H and O–H groups in total. The summed E-state index contributed by atoms with van der Waals surface area (Å²) in [5.74, 6) is 2.24. The van der Waals surface area contributed by atoms with Crippen LogP contribution in [0, 0.1) is 5.41 Å². The van der Waals surface area contributed by atoms with Gasteiger partial charge in [0.15, 0.2) is 11.5 Å². The zero-order chi connectivity index (χ0) is 13.6. The van der Waals surface area contributed by atoms with E-state index in [1.54, 1.807) is 0 Å². The minimum atomic E-state index is 0.278.